The SMILES string of the molecule is O=C1OCc2cc(NC(=O)N3CCCO[C@@H](CN4CCOCC4)C3)ccc21. The Kier molecular flexibility index (Phi) is 5.56. The van der Waals surface area contributed by atoms with Gasteiger partial charge in [-0.2, -0.15) is 0 Å². The third-order valence-electron chi connectivity index (χ3n) is 5.14. The van der Waals surface area contributed by atoms with Gasteiger partial charge in [-0.15, -0.1) is 0 Å². The second-order valence-corrected chi connectivity index (χ2v) is 7.08. The number of esters is 1. The van der Waals surface area contributed by atoms with Crippen LogP contribution < -0.4 is 5.32 Å². The van der Waals surface area contributed by atoms with Crippen LogP contribution in [-0.4, -0.2) is 80.4 Å². The van der Waals surface area contributed by atoms with Gasteiger partial charge >= 0.3 is 12.0 Å². The number of ether oxygens (including phenoxy) is 3. The normalized spacial score (nSPS) is 23.5. The van der Waals surface area contributed by atoms with Crippen LogP contribution in [0.2, 0.25) is 0 Å². The van der Waals surface area contributed by atoms with Crippen molar-refractivity contribution in [3.8, 4) is 0 Å². The molecule has 0 saturated carbocycles. The predicted molar refractivity (Wildman–Crippen MR) is 97.8 cm³/mol. The zero-order valence-corrected chi connectivity index (χ0v) is 15.3. The Balaban J connectivity index is 1.36. The van der Waals surface area contributed by atoms with Gasteiger partial charge in [-0.05, 0) is 24.6 Å². The molecule has 3 aliphatic heterocycles. The second-order valence-electron chi connectivity index (χ2n) is 7.08. The van der Waals surface area contributed by atoms with Crippen LogP contribution in [0.3, 0.4) is 0 Å². The molecular weight excluding hydrogens is 350 g/mol. The van der Waals surface area contributed by atoms with Crippen molar-refractivity contribution >= 4 is 17.7 Å². The number of hydrogen-bond donors (Lipinski definition) is 1. The van der Waals surface area contributed by atoms with E-state index in [1.54, 1.807) is 18.2 Å². The predicted octanol–water partition coefficient (Wildman–Crippen LogP) is 1.31. The molecule has 27 heavy (non-hydrogen) atoms. The molecule has 4 rings (SSSR count). The van der Waals surface area contributed by atoms with Gasteiger partial charge < -0.3 is 24.4 Å². The first-order valence-electron chi connectivity index (χ1n) is 9.47. The van der Waals surface area contributed by atoms with Crippen LogP contribution in [0.25, 0.3) is 0 Å². The first kappa shape index (κ1) is 18.2. The molecule has 0 unspecified atom stereocenters. The van der Waals surface area contributed by atoms with E-state index >= 15 is 0 Å². The van der Waals surface area contributed by atoms with Gasteiger partial charge in [0.1, 0.15) is 6.61 Å². The molecule has 0 bridgehead atoms. The maximum Gasteiger partial charge on any atom is 0.338 e. The van der Waals surface area contributed by atoms with Crippen molar-refractivity contribution in [2.24, 2.45) is 0 Å². The maximum atomic E-state index is 12.8. The van der Waals surface area contributed by atoms with Crippen molar-refractivity contribution in [2.75, 3.05) is 57.9 Å². The largest absolute Gasteiger partial charge is 0.457 e. The van der Waals surface area contributed by atoms with Crippen molar-refractivity contribution < 1.29 is 23.8 Å². The lowest BCUT2D eigenvalue weighted by atomic mass is 10.1. The minimum atomic E-state index is -0.307. The van der Waals surface area contributed by atoms with Gasteiger partial charge in [0.2, 0.25) is 0 Å². The standard InChI is InChI=1S/C19H25N3O5/c23-18-17-3-2-15(10-14(17)13-27-18)20-19(24)22-4-1-7-26-16(12-22)11-21-5-8-25-9-6-21/h2-3,10,16H,1,4-9,11-13H2,(H,20,24)/t16-/m0/s1. The van der Waals surface area contributed by atoms with E-state index in [1.807, 2.05) is 4.90 Å². The molecule has 2 fully saturated rings. The molecule has 0 aromatic heterocycles. The van der Waals surface area contributed by atoms with Gasteiger partial charge in [0.15, 0.2) is 0 Å². The Labute approximate surface area is 158 Å². The van der Waals surface area contributed by atoms with Crippen molar-refractivity contribution in [3.63, 3.8) is 0 Å². The van der Waals surface area contributed by atoms with Gasteiger partial charge in [0, 0.05) is 50.6 Å². The summed E-state index contributed by atoms with van der Waals surface area (Å²) in [7, 11) is 0. The van der Waals surface area contributed by atoms with Gasteiger partial charge in [-0.1, -0.05) is 0 Å². The molecule has 0 radical (unpaired) electrons. The fourth-order valence-corrected chi connectivity index (χ4v) is 3.68. The monoisotopic (exact) mass is 375 g/mol. The van der Waals surface area contributed by atoms with Crippen LogP contribution in [-0.2, 0) is 20.8 Å². The highest BCUT2D eigenvalue weighted by molar-refractivity contribution is 5.95. The summed E-state index contributed by atoms with van der Waals surface area (Å²) >= 11 is 0. The summed E-state index contributed by atoms with van der Waals surface area (Å²) < 4.78 is 16.4. The summed E-state index contributed by atoms with van der Waals surface area (Å²) in [6, 6.07) is 5.10. The number of anilines is 1. The molecule has 1 atom stereocenters. The quantitative estimate of drug-likeness (QED) is 0.803. The van der Waals surface area contributed by atoms with E-state index in [-0.39, 0.29) is 24.7 Å². The van der Waals surface area contributed by atoms with Crippen LogP contribution >= 0.6 is 0 Å². The lowest BCUT2D eigenvalue weighted by Gasteiger charge is -2.31. The fraction of sp³-hybridized carbons (Fsp3) is 0.579. The first-order chi connectivity index (χ1) is 13.2. The highest BCUT2D eigenvalue weighted by Crippen LogP contribution is 2.23. The van der Waals surface area contributed by atoms with E-state index in [0.717, 1.165) is 44.8 Å². The number of carbonyl (C=O) groups excluding carboxylic acids is 2. The summed E-state index contributed by atoms with van der Waals surface area (Å²) in [5.41, 5.74) is 2.05. The van der Waals surface area contributed by atoms with Gasteiger partial charge in [-0.3, -0.25) is 4.90 Å². The average molecular weight is 375 g/mol. The number of morpholine rings is 1. The molecule has 2 amide bonds. The van der Waals surface area contributed by atoms with E-state index in [9.17, 15) is 9.59 Å². The molecule has 1 aromatic carbocycles. The Morgan fingerprint density at radius 3 is 2.89 bits per heavy atom. The molecule has 0 aliphatic carbocycles. The molecule has 2 saturated heterocycles. The number of fused-ring (bicyclic) bond motifs is 1. The summed E-state index contributed by atoms with van der Waals surface area (Å²) in [5, 5.41) is 2.94. The van der Waals surface area contributed by atoms with Gasteiger partial charge in [0.05, 0.1) is 24.9 Å². The minimum Gasteiger partial charge on any atom is -0.457 e. The smallest absolute Gasteiger partial charge is 0.338 e. The lowest BCUT2D eigenvalue weighted by Crippen LogP contribution is -2.46. The third-order valence-corrected chi connectivity index (χ3v) is 5.14. The zero-order valence-electron chi connectivity index (χ0n) is 15.3. The highest BCUT2D eigenvalue weighted by atomic mass is 16.5. The molecule has 1 aromatic rings. The van der Waals surface area contributed by atoms with Gasteiger partial charge in [0.25, 0.3) is 0 Å². The Hall–Kier alpha value is -2.16. The number of carbonyl (C=O) groups is 2. The summed E-state index contributed by atoms with van der Waals surface area (Å²) in [6.45, 7) is 6.28. The van der Waals surface area contributed by atoms with E-state index < -0.39 is 0 Å². The van der Waals surface area contributed by atoms with E-state index in [4.69, 9.17) is 14.2 Å². The van der Waals surface area contributed by atoms with E-state index in [0.29, 0.717) is 30.9 Å². The molecular formula is C19H25N3O5. The first-order valence-corrected chi connectivity index (χ1v) is 9.47. The fourth-order valence-electron chi connectivity index (χ4n) is 3.68. The summed E-state index contributed by atoms with van der Waals surface area (Å²) in [5.74, 6) is -0.307. The minimum absolute atomic E-state index is 0.00221. The van der Waals surface area contributed by atoms with Crippen molar-refractivity contribution in [3.05, 3.63) is 29.3 Å². The molecule has 0 spiro atoms. The number of rotatable bonds is 3. The maximum absolute atomic E-state index is 12.8. The zero-order chi connectivity index (χ0) is 18.6. The molecule has 1 N–H and O–H groups in total. The van der Waals surface area contributed by atoms with Crippen molar-refractivity contribution in [2.45, 2.75) is 19.1 Å². The number of nitrogens with zero attached hydrogens (tertiary/aromatic N) is 2. The number of amides is 2. The van der Waals surface area contributed by atoms with Crippen LogP contribution in [0.4, 0.5) is 10.5 Å². The van der Waals surface area contributed by atoms with Crippen LogP contribution in [0.15, 0.2) is 18.2 Å². The Morgan fingerprint density at radius 1 is 1.19 bits per heavy atom. The summed E-state index contributed by atoms with van der Waals surface area (Å²) in [4.78, 5) is 28.4. The van der Waals surface area contributed by atoms with Crippen LogP contribution in [0, 0.1) is 0 Å². The third kappa shape index (κ3) is 4.40. The average Bonchev–Trinajstić information content (AvgIpc) is 2.89. The molecule has 3 aliphatic rings. The lowest BCUT2D eigenvalue weighted by molar-refractivity contribution is -0.00983. The second kappa shape index (κ2) is 8.24. The van der Waals surface area contributed by atoms with Crippen molar-refractivity contribution in [1.29, 1.82) is 0 Å². The van der Waals surface area contributed by atoms with Gasteiger partial charge in [-0.25, -0.2) is 9.59 Å². The van der Waals surface area contributed by atoms with Crippen molar-refractivity contribution in [1.82, 2.24) is 9.80 Å². The van der Waals surface area contributed by atoms with E-state index in [1.165, 1.54) is 0 Å². The number of nitrogens with one attached hydrogen (secondary N) is 1. The number of cyclic esters (lactones) is 1. The number of hydrogen-bond acceptors (Lipinski definition) is 6. The summed E-state index contributed by atoms with van der Waals surface area (Å²) in [6.07, 6.45) is 0.821. The Morgan fingerprint density at radius 2 is 2.04 bits per heavy atom. The molecule has 146 valence electrons. The molecule has 3 heterocycles. The number of benzene rings is 1. The number of urea groups is 1. The highest BCUT2D eigenvalue weighted by Gasteiger charge is 2.26. The Bertz CT molecular complexity index is 705. The molecule has 8 nitrogen and oxygen atoms in total. The van der Waals surface area contributed by atoms with E-state index in [2.05, 4.69) is 10.2 Å². The van der Waals surface area contributed by atoms with Crippen LogP contribution in [0.5, 0.6) is 0 Å². The molecule has 8 heteroatoms. The topological polar surface area (TPSA) is 80.3 Å². The van der Waals surface area contributed by atoms with Crippen LogP contribution in [0.1, 0.15) is 22.3 Å².